The third-order valence-corrected chi connectivity index (χ3v) is 8.49. The number of primary amides is 1. The van der Waals surface area contributed by atoms with Crippen molar-refractivity contribution in [1.82, 2.24) is 10.2 Å². The average molecular weight is 626 g/mol. The standard InChI is InChI=1S/C27H27Cl3N4O5S/c1-40(38,39)34(22-11-18(10-21(30)12-22)27(37)32-24(15-35)26(31)36)23-13-33(14-23)25(16-2-6-19(28)7-3-16)17-4-8-20(29)9-5-17/h2-12,23-25,35H,13-15H2,1H3,(H2,31,36)(H,32,37). The highest BCUT2D eigenvalue weighted by Crippen LogP contribution is 2.37. The number of amides is 2. The first kappa shape index (κ1) is 30.1. The molecule has 212 valence electrons. The number of carbonyl (C=O) groups is 2. The van der Waals surface area contributed by atoms with E-state index in [9.17, 15) is 23.1 Å². The third-order valence-electron chi connectivity index (χ3n) is 6.55. The Bertz CT molecular complexity index is 1450. The van der Waals surface area contributed by atoms with E-state index in [1.165, 1.54) is 22.5 Å². The van der Waals surface area contributed by atoms with Gasteiger partial charge in [-0.25, -0.2) is 8.42 Å². The van der Waals surface area contributed by atoms with Crippen LogP contribution in [0.2, 0.25) is 15.1 Å². The van der Waals surface area contributed by atoms with Crippen LogP contribution >= 0.6 is 34.8 Å². The SMILES string of the molecule is CS(=O)(=O)N(c1cc(Cl)cc(C(=O)NC(CO)C(N)=O)c1)C1CN(C(c2ccc(Cl)cc2)c2ccc(Cl)cc2)C1. The lowest BCUT2D eigenvalue weighted by molar-refractivity contribution is -0.120. The number of hydrogen-bond acceptors (Lipinski definition) is 6. The first-order valence-electron chi connectivity index (χ1n) is 12.1. The zero-order chi connectivity index (χ0) is 29.2. The van der Waals surface area contributed by atoms with Crippen molar-refractivity contribution in [2.24, 2.45) is 5.73 Å². The highest BCUT2D eigenvalue weighted by molar-refractivity contribution is 7.92. The highest BCUT2D eigenvalue weighted by atomic mass is 35.5. The molecule has 2 amide bonds. The van der Waals surface area contributed by atoms with Gasteiger partial charge in [0.2, 0.25) is 15.9 Å². The first-order chi connectivity index (χ1) is 18.9. The predicted octanol–water partition coefficient (Wildman–Crippen LogP) is 3.46. The van der Waals surface area contributed by atoms with Gasteiger partial charge in [-0.3, -0.25) is 18.8 Å². The van der Waals surface area contributed by atoms with Crippen molar-refractivity contribution in [3.05, 3.63) is 98.5 Å². The second-order valence-electron chi connectivity index (χ2n) is 9.48. The number of hydrogen-bond donors (Lipinski definition) is 3. The summed E-state index contributed by atoms with van der Waals surface area (Å²) >= 11 is 18.5. The Labute approximate surface area is 247 Å². The van der Waals surface area contributed by atoms with Gasteiger partial charge in [0, 0.05) is 33.7 Å². The van der Waals surface area contributed by atoms with E-state index < -0.39 is 40.5 Å². The zero-order valence-electron chi connectivity index (χ0n) is 21.3. The van der Waals surface area contributed by atoms with Crippen molar-refractivity contribution < 1.29 is 23.1 Å². The maximum Gasteiger partial charge on any atom is 0.252 e. The Morgan fingerprint density at radius 3 is 1.95 bits per heavy atom. The second-order valence-corrected chi connectivity index (χ2v) is 12.7. The molecule has 0 spiro atoms. The molecule has 1 heterocycles. The zero-order valence-corrected chi connectivity index (χ0v) is 24.4. The summed E-state index contributed by atoms with van der Waals surface area (Å²) in [4.78, 5) is 26.3. The Balaban J connectivity index is 1.63. The Hall–Kier alpha value is -2.86. The fourth-order valence-corrected chi connectivity index (χ4v) is 6.35. The number of rotatable bonds is 10. The summed E-state index contributed by atoms with van der Waals surface area (Å²) in [6.07, 6.45) is 1.08. The number of nitrogens with two attached hydrogens (primary N) is 1. The minimum absolute atomic E-state index is 0.00670. The van der Waals surface area contributed by atoms with Crippen LogP contribution in [-0.4, -0.2) is 68.3 Å². The van der Waals surface area contributed by atoms with Gasteiger partial charge in [0.1, 0.15) is 6.04 Å². The molecule has 1 unspecified atom stereocenters. The second kappa shape index (κ2) is 12.3. The molecular formula is C27H27Cl3N4O5S. The van der Waals surface area contributed by atoms with E-state index in [0.29, 0.717) is 23.1 Å². The van der Waals surface area contributed by atoms with Crippen LogP contribution in [-0.2, 0) is 14.8 Å². The number of benzene rings is 3. The summed E-state index contributed by atoms with van der Waals surface area (Å²) in [5.74, 6) is -1.66. The third kappa shape index (κ3) is 6.88. The maximum atomic E-state index is 13.0. The topological polar surface area (TPSA) is 133 Å². The van der Waals surface area contributed by atoms with Crippen LogP contribution in [0.1, 0.15) is 27.5 Å². The number of sulfonamides is 1. The molecule has 40 heavy (non-hydrogen) atoms. The molecule has 1 saturated heterocycles. The number of nitrogens with zero attached hydrogens (tertiary/aromatic N) is 2. The molecule has 9 nitrogen and oxygen atoms in total. The van der Waals surface area contributed by atoms with Gasteiger partial charge in [-0.05, 0) is 53.6 Å². The molecule has 0 saturated carbocycles. The van der Waals surface area contributed by atoms with Crippen molar-refractivity contribution in [3.63, 3.8) is 0 Å². The van der Waals surface area contributed by atoms with Crippen LogP contribution in [0.4, 0.5) is 5.69 Å². The van der Waals surface area contributed by atoms with E-state index in [4.69, 9.17) is 40.5 Å². The van der Waals surface area contributed by atoms with Gasteiger partial charge >= 0.3 is 0 Å². The Morgan fingerprint density at radius 2 is 1.50 bits per heavy atom. The van der Waals surface area contributed by atoms with Gasteiger partial charge in [0.05, 0.1) is 30.6 Å². The van der Waals surface area contributed by atoms with Gasteiger partial charge in [0.25, 0.3) is 5.91 Å². The normalized spacial score (nSPS) is 14.9. The largest absolute Gasteiger partial charge is 0.394 e. The molecule has 4 N–H and O–H groups in total. The molecule has 1 aliphatic heterocycles. The van der Waals surface area contributed by atoms with Crippen molar-refractivity contribution >= 4 is 62.3 Å². The predicted molar refractivity (Wildman–Crippen MR) is 156 cm³/mol. The summed E-state index contributed by atoms with van der Waals surface area (Å²) in [5.41, 5.74) is 7.35. The van der Waals surface area contributed by atoms with Gasteiger partial charge in [-0.2, -0.15) is 0 Å². The molecule has 0 bridgehead atoms. The lowest BCUT2D eigenvalue weighted by atomic mass is 9.93. The number of carbonyl (C=O) groups excluding carboxylic acids is 2. The molecular weight excluding hydrogens is 599 g/mol. The van der Waals surface area contributed by atoms with Crippen molar-refractivity contribution in [2.45, 2.75) is 18.1 Å². The van der Waals surface area contributed by atoms with E-state index >= 15 is 0 Å². The van der Waals surface area contributed by atoms with E-state index in [2.05, 4.69) is 10.2 Å². The van der Waals surface area contributed by atoms with Crippen molar-refractivity contribution in [1.29, 1.82) is 0 Å². The smallest absolute Gasteiger partial charge is 0.252 e. The molecule has 4 rings (SSSR count). The molecule has 1 fully saturated rings. The summed E-state index contributed by atoms with van der Waals surface area (Å²) in [6, 6.07) is 17.1. The quantitative estimate of drug-likeness (QED) is 0.316. The summed E-state index contributed by atoms with van der Waals surface area (Å²) in [6.45, 7) is 0.0703. The van der Waals surface area contributed by atoms with E-state index in [1.54, 1.807) is 24.3 Å². The van der Waals surface area contributed by atoms with E-state index in [0.717, 1.165) is 17.4 Å². The highest BCUT2D eigenvalue weighted by Gasteiger charge is 2.41. The molecule has 3 aromatic carbocycles. The van der Waals surface area contributed by atoms with Crippen LogP contribution in [0, 0.1) is 0 Å². The summed E-state index contributed by atoms with van der Waals surface area (Å²) < 4.78 is 27.2. The molecule has 0 radical (unpaired) electrons. The lowest BCUT2D eigenvalue weighted by Crippen LogP contribution is -2.61. The lowest BCUT2D eigenvalue weighted by Gasteiger charge is -2.48. The number of nitrogens with one attached hydrogen (secondary N) is 1. The molecule has 0 aromatic heterocycles. The molecule has 13 heteroatoms. The fourth-order valence-electron chi connectivity index (χ4n) is 4.71. The van der Waals surface area contributed by atoms with E-state index in [1.807, 2.05) is 24.3 Å². The number of aliphatic hydroxyl groups excluding tert-OH is 1. The minimum Gasteiger partial charge on any atom is -0.394 e. The van der Waals surface area contributed by atoms with Crippen LogP contribution in [0.3, 0.4) is 0 Å². The van der Waals surface area contributed by atoms with Crippen molar-refractivity contribution in [2.75, 3.05) is 30.3 Å². The van der Waals surface area contributed by atoms with Crippen LogP contribution in [0.25, 0.3) is 0 Å². The number of halogens is 3. The molecule has 1 aliphatic rings. The van der Waals surface area contributed by atoms with Crippen molar-refractivity contribution in [3.8, 4) is 0 Å². The monoisotopic (exact) mass is 624 g/mol. The Morgan fingerprint density at radius 1 is 0.975 bits per heavy atom. The van der Waals surface area contributed by atoms with Crippen LogP contribution in [0.5, 0.6) is 0 Å². The maximum absolute atomic E-state index is 13.0. The number of likely N-dealkylation sites (tertiary alicyclic amines) is 1. The number of anilines is 1. The van der Waals surface area contributed by atoms with Crippen LogP contribution in [0.15, 0.2) is 66.7 Å². The van der Waals surface area contributed by atoms with Gasteiger partial charge in [-0.1, -0.05) is 59.1 Å². The van der Waals surface area contributed by atoms with Gasteiger partial charge < -0.3 is 16.2 Å². The molecule has 3 aromatic rings. The number of aliphatic hydroxyl groups is 1. The molecule has 0 aliphatic carbocycles. The molecule has 1 atom stereocenters. The Kier molecular flexibility index (Phi) is 9.29. The van der Waals surface area contributed by atoms with Gasteiger partial charge in [0.15, 0.2) is 0 Å². The van der Waals surface area contributed by atoms with Gasteiger partial charge in [-0.15, -0.1) is 0 Å². The summed E-state index contributed by atoms with van der Waals surface area (Å²) in [5, 5.41) is 13.0. The minimum atomic E-state index is -3.80. The first-order valence-corrected chi connectivity index (χ1v) is 15.1. The van der Waals surface area contributed by atoms with E-state index in [-0.39, 0.29) is 22.3 Å². The fraction of sp³-hybridized carbons (Fsp3) is 0.259. The van der Waals surface area contributed by atoms with Crippen LogP contribution < -0.4 is 15.4 Å². The average Bonchev–Trinajstić information content (AvgIpc) is 2.86. The summed E-state index contributed by atoms with van der Waals surface area (Å²) in [7, 11) is -3.80.